The molecule has 0 saturated heterocycles. The number of sulfonamides is 1. The molecule has 0 aromatic carbocycles. The molecule has 3 nitrogen and oxygen atoms in total. The van der Waals surface area contributed by atoms with Crippen LogP contribution in [-0.4, -0.2) is 26.1 Å². The van der Waals surface area contributed by atoms with Gasteiger partial charge in [0.1, 0.15) is 0 Å². The standard InChI is InChI=1S/C12H24ClNO2S/c1-2-5-11(8-9-13)10-14-17(15,16)12-6-3-4-7-12/h11-12,14H,2-10H2,1H3. The summed E-state index contributed by atoms with van der Waals surface area (Å²) in [6.45, 7) is 2.67. The van der Waals surface area contributed by atoms with Crippen LogP contribution in [0.3, 0.4) is 0 Å². The van der Waals surface area contributed by atoms with Gasteiger partial charge in [-0.05, 0) is 31.6 Å². The molecule has 0 aromatic heterocycles. The van der Waals surface area contributed by atoms with E-state index < -0.39 is 10.0 Å². The summed E-state index contributed by atoms with van der Waals surface area (Å²) in [7, 11) is -3.08. The lowest BCUT2D eigenvalue weighted by atomic mass is 10.0. The molecule has 1 fully saturated rings. The lowest BCUT2D eigenvalue weighted by Crippen LogP contribution is -2.36. The van der Waals surface area contributed by atoms with Crippen molar-refractivity contribution in [3.05, 3.63) is 0 Å². The van der Waals surface area contributed by atoms with E-state index in [2.05, 4.69) is 11.6 Å². The third-order valence-corrected chi connectivity index (χ3v) is 5.66. The molecule has 0 heterocycles. The Balaban J connectivity index is 2.40. The molecule has 1 unspecified atom stereocenters. The zero-order chi connectivity index (χ0) is 12.7. The maximum atomic E-state index is 12.0. The van der Waals surface area contributed by atoms with Gasteiger partial charge in [-0.1, -0.05) is 26.2 Å². The van der Waals surface area contributed by atoms with E-state index >= 15 is 0 Å². The summed E-state index contributed by atoms with van der Waals surface area (Å²) >= 11 is 5.73. The van der Waals surface area contributed by atoms with Crippen molar-refractivity contribution in [2.24, 2.45) is 5.92 Å². The first kappa shape index (κ1) is 15.3. The summed E-state index contributed by atoms with van der Waals surface area (Å²) in [4.78, 5) is 0. The molecule has 0 spiro atoms. The Morgan fingerprint density at radius 1 is 1.29 bits per heavy atom. The average Bonchev–Trinajstić information content (AvgIpc) is 2.81. The monoisotopic (exact) mass is 281 g/mol. The lowest BCUT2D eigenvalue weighted by molar-refractivity contribution is 0.455. The maximum absolute atomic E-state index is 12.0. The van der Waals surface area contributed by atoms with E-state index in [0.29, 0.717) is 18.3 Å². The number of hydrogen-bond donors (Lipinski definition) is 1. The summed E-state index contributed by atoms with van der Waals surface area (Å²) < 4.78 is 26.8. The normalized spacial score (nSPS) is 19.6. The predicted molar refractivity (Wildman–Crippen MR) is 72.9 cm³/mol. The van der Waals surface area contributed by atoms with Crippen LogP contribution in [0.4, 0.5) is 0 Å². The zero-order valence-corrected chi connectivity index (χ0v) is 12.2. The second-order valence-electron chi connectivity index (χ2n) is 4.93. The molecule has 0 aromatic rings. The molecule has 1 N–H and O–H groups in total. The largest absolute Gasteiger partial charge is 0.215 e. The smallest absolute Gasteiger partial charge is 0.214 e. The van der Waals surface area contributed by atoms with Crippen LogP contribution in [0, 0.1) is 5.92 Å². The average molecular weight is 282 g/mol. The first-order valence-electron chi connectivity index (χ1n) is 6.64. The Kier molecular flexibility index (Phi) is 6.82. The van der Waals surface area contributed by atoms with Crippen molar-refractivity contribution >= 4 is 21.6 Å². The van der Waals surface area contributed by atoms with Crippen molar-refractivity contribution in [1.82, 2.24) is 4.72 Å². The van der Waals surface area contributed by atoms with Gasteiger partial charge in [0.05, 0.1) is 5.25 Å². The van der Waals surface area contributed by atoms with Gasteiger partial charge in [0.25, 0.3) is 0 Å². The van der Waals surface area contributed by atoms with E-state index in [9.17, 15) is 8.42 Å². The Morgan fingerprint density at radius 2 is 1.94 bits per heavy atom. The van der Waals surface area contributed by atoms with Crippen LogP contribution in [0.1, 0.15) is 51.9 Å². The Morgan fingerprint density at radius 3 is 2.47 bits per heavy atom. The van der Waals surface area contributed by atoms with E-state index in [1.54, 1.807) is 0 Å². The number of rotatable bonds is 8. The van der Waals surface area contributed by atoms with Gasteiger partial charge in [0, 0.05) is 12.4 Å². The fourth-order valence-corrected chi connectivity index (χ4v) is 4.43. The first-order chi connectivity index (χ1) is 8.10. The summed E-state index contributed by atoms with van der Waals surface area (Å²) in [5.41, 5.74) is 0. The van der Waals surface area contributed by atoms with Crippen LogP contribution < -0.4 is 4.72 Å². The van der Waals surface area contributed by atoms with Gasteiger partial charge >= 0.3 is 0 Å². The van der Waals surface area contributed by atoms with Crippen LogP contribution >= 0.6 is 11.6 Å². The van der Waals surface area contributed by atoms with Crippen molar-refractivity contribution in [1.29, 1.82) is 0 Å². The van der Waals surface area contributed by atoms with Gasteiger partial charge in [-0.25, -0.2) is 13.1 Å². The summed E-state index contributed by atoms with van der Waals surface area (Å²) in [5, 5.41) is -0.152. The highest BCUT2D eigenvalue weighted by atomic mass is 35.5. The third-order valence-electron chi connectivity index (χ3n) is 3.53. The van der Waals surface area contributed by atoms with Gasteiger partial charge < -0.3 is 0 Å². The molecule has 0 amide bonds. The van der Waals surface area contributed by atoms with Gasteiger partial charge in [-0.15, -0.1) is 11.6 Å². The molecule has 17 heavy (non-hydrogen) atoms. The predicted octanol–water partition coefficient (Wildman–Crippen LogP) is 2.89. The molecule has 0 aliphatic heterocycles. The molecular formula is C12H24ClNO2S. The van der Waals surface area contributed by atoms with Gasteiger partial charge in [0.2, 0.25) is 10.0 Å². The van der Waals surface area contributed by atoms with Crippen molar-refractivity contribution < 1.29 is 8.42 Å². The van der Waals surface area contributed by atoms with Gasteiger partial charge in [0.15, 0.2) is 0 Å². The number of halogens is 1. The van der Waals surface area contributed by atoms with E-state index in [1.807, 2.05) is 0 Å². The summed E-state index contributed by atoms with van der Waals surface area (Å²) in [5.74, 6) is 0.990. The minimum atomic E-state index is -3.08. The van der Waals surface area contributed by atoms with E-state index in [-0.39, 0.29) is 5.25 Å². The fourth-order valence-electron chi connectivity index (χ4n) is 2.46. The van der Waals surface area contributed by atoms with Crippen molar-refractivity contribution in [2.45, 2.75) is 57.1 Å². The summed E-state index contributed by atoms with van der Waals surface area (Å²) in [6.07, 6.45) is 6.75. The highest BCUT2D eigenvalue weighted by Crippen LogP contribution is 2.24. The lowest BCUT2D eigenvalue weighted by Gasteiger charge is -2.18. The molecule has 1 rings (SSSR count). The molecule has 0 bridgehead atoms. The van der Waals surface area contributed by atoms with E-state index in [1.165, 1.54) is 0 Å². The first-order valence-corrected chi connectivity index (χ1v) is 8.72. The molecule has 102 valence electrons. The van der Waals surface area contributed by atoms with Crippen LogP contribution in [0.5, 0.6) is 0 Å². The maximum Gasteiger partial charge on any atom is 0.214 e. The van der Waals surface area contributed by atoms with Crippen molar-refractivity contribution in [3.8, 4) is 0 Å². The van der Waals surface area contributed by atoms with E-state index in [4.69, 9.17) is 11.6 Å². The second kappa shape index (κ2) is 7.59. The molecule has 5 heteroatoms. The highest BCUT2D eigenvalue weighted by Gasteiger charge is 2.28. The molecule has 1 saturated carbocycles. The molecular weight excluding hydrogens is 258 g/mol. The molecule has 1 aliphatic carbocycles. The number of alkyl halides is 1. The Hall–Kier alpha value is 0.200. The minimum absolute atomic E-state index is 0.152. The van der Waals surface area contributed by atoms with Crippen LogP contribution in [0.2, 0.25) is 0 Å². The highest BCUT2D eigenvalue weighted by molar-refractivity contribution is 7.90. The van der Waals surface area contributed by atoms with Gasteiger partial charge in [-0.3, -0.25) is 0 Å². The van der Waals surface area contributed by atoms with Crippen molar-refractivity contribution in [3.63, 3.8) is 0 Å². The topological polar surface area (TPSA) is 46.2 Å². The fraction of sp³-hybridized carbons (Fsp3) is 1.00. The Labute approximate surface area is 110 Å². The third kappa shape index (κ3) is 5.14. The van der Waals surface area contributed by atoms with E-state index in [0.717, 1.165) is 44.9 Å². The number of nitrogens with one attached hydrogen (secondary N) is 1. The van der Waals surface area contributed by atoms with Crippen molar-refractivity contribution in [2.75, 3.05) is 12.4 Å². The van der Waals surface area contributed by atoms with Crippen LogP contribution in [0.15, 0.2) is 0 Å². The Bertz CT molecular complexity index is 294. The second-order valence-corrected chi connectivity index (χ2v) is 7.36. The quantitative estimate of drug-likeness (QED) is 0.696. The molecule has 0 radical (unpaired) electrons. The van der Waals surface area contributed by atoms with Crippen LogP contribution in [0.25, 0.3) is 0 Å². The molecule has 1 atom stereocenters. The molecule has 1 aliphatic rings. The number of hydrogen-bond acceptors (Lipinski definition) is 2. The zero-order valence-electron chi connectivity index (χ0n) is 10.6. The SMILES string of the molecule is CCCC(CCCl)CNS(=O)(=O)C1CCCC1. The van der Waals surface area contributed by atoms with Crippen LogP contribution in [-0.2, 0) is 10.0 Å². The summed E-state index contributed by atoms with van der Waals surface area (Å²) in [6, 6.07) is 0. The minimum Gasteiger partial charge on any atom is -0.215 e. The van der Waals surface area contributed by atoms with Gasteiger partial charge in [-0.2, -0.15) is 0 Å².